The molecule has 0 aromatic carbocycles. The van der Waals surface area contributed by atoms with E-state index in [1.54, 1.807) is 13.3 Å². The minimum absolute atomic E-state index is 0.141. The Labute approximate surface area is 95.7 Å². The Balaban J connectivity index is 2.30. The van der Waals surface area contributed by atoms with Gasteiger partial charge in [-0.1, -0.05) is 0 Å². The number of aromatic nitrogens is 2. The van der Waals surface area contributed by atoms with Crippen LogP contribution >= 0.6 is 0 Å². The maximum atomic E-state index is 11.6. The van der Waals surface area contributed by atoms with E-state index in [2.05, 4.69) is 9.97 Å². The standard InChI is InChI=1S/C12H17N3O/c1-9-7-13-8-14-12(9)11-5-3-4-6-15(11)10(2)16/h7-8,11H,3-6H2,1-2H3. The normalized spacial score (nSPS) is 20.9. The van der Waals surface area contributed by atoms with E-state index in [1.807, 2.05) is 18.0 Å². The van der Waals surface area contributed by atoms with Crippen molar-refractivity contribution >= 4 is 5.91 Å². The van der Waals surface area contributed by atoms with Crippen LogP contribution in [0.25, 0.3) is 0 Å². The molecule has 1 saturated heterocycles. The van der Waals surface area contributed by atoms with Gasteiger partial charge in [-0.05, 0) is 31.7 Å². The van der Waals surface area contributed by atoms with Gasteiger partial charge in [0.2, 0.25) is 5.91 Å². The van der Waals surface area contributed by atoms with E-state index in [0.29, 0.717) is 0 Å². The summed E-state index contributed by atoms with van der Waals surface area (Å²) in [6.07, 6.45) is 6.65. The minimum atomic E-state index is 0.141. The molecular weight excluding hydrogens is 202 g/mol. The Kier molecular flexibility index (Phi) is 3.17. The summed E-state index contributed by atoms with van der Waals surface area (Å²) in [6, 6.07) is 0.147. The largest absolute Gasteiger partial charge is 0.334 e. The predicted octanol–water partition coefficient (Wildman–Crippen LogP) is 1.86. The second kappa shape index (κ2) is 4.60. The lowest BCUT2D eigenvalue weighted by molar-refractivity contribution is -0.132. The molecular formula is C12H17N3O. The van der Waals surface area contributed by atoms with Gasteiger partial charge in [-0.15, -0.1) is 0 Å². The predicted molar refractivity (Wildman–Crippen MR) is 60.7 cm³/mol. The summed E-state index contributed by atoms with van der Waals surface area (Å²) in [7, 11) is 0. The van der Waals surface area contributed by atoms with Crippen molar-refractivity contribution in [3.8, 4) is 0 Å². The van der Waals surface area contributed by atoms with Crippen LogP contribution < -0.4 is 0 Å². The summed E-state index contributed by atoms with van der Waals surface area (Å²) < 4.78 is 0. The van der Waals surface area contributed by atoms with Crippen LogP contribution in [0.5, 0.6) is 0 Å². The molecule has 1 aliphatic rings. The summed E-state index contributed by atoms with van der Waals surface area (Å²) >= 11 is 0. The molecule has 4 nitrogen and oxygen atoms in total. The summed E-state index contributed by atoms with van der Waals surface area (Å²) in [6.45, 7) is 4.49. The lowest BCUT2D eigenvalue weighted by atomic mass is 9.97. The highest BCUT2D eigenvalue weighted by Gasteiger charge is 2.27. The molecule has 0 N–H and O–H groups in total. The number of piperidine rings is 1. The van der Waals surface area contributed by atoms with E-state index in [9.17, 15) is 4.79 Å². The van der Waals surface area contributed by atoms with Gasteiger partial charge in [0, 0.05) is 19.7 Å². The number of aryl methyl sites for hydroxylation is 1. The molecule has 0 bridgehead atoms. The molecule has 86 valence electrons. The lowest BCUT2D eigenvalue weighted by Crippen LogP contribution is -2.37. The van der Waals surface area contributed by atoms with Crippen LogP contribution in [0.3, 0.4) is 0 Å². The van der Waals surface area contributed by atoms with Gasteiger partial charge in [0.25, 0.3) is 0 Å². The molecule has 1 atom stereocenters. The van der Waals surface area contributed by atoms with Crippen molar-refractivity contribution in [3.05, 3.63) is 23.8 Å². The number of hydrogen-bond donors (Lipinski definition) is 0. The highest BCUT2D eigenvalue weighted by Crippen LogP contribution is 2.30. The number of rotatable bonds is 1. The smallest absolute Gasteiger partial charge is 0.220 e. The van der Waals surface area contributed by atoms with Gasteiger partial charge in [0.15, 0.2) is 0 Å². The maximum absolute atomic E-state index is 11.6. The van der Waals surface area contributed by atoms with Crippen molar-refractivity contribution in [2.45, 2.75) is 39.2 Å². The number of likely N-dealkylation sites (tertiary alicyclic amines) is 1. The van der Waals surface area contributed by atoms with Crippen LogP contribution in [0.4, 0.5) is 0 Å². The topological polar surface area (TPSA) is 46.1 Å². The fourth-order valence-corrected chi connectivity index (χ4v) is 2.35. The Hall–Kier alpha value is -1.45. The zero-order chi connectivity index (χ0) is 11.5. The van der Waals surface area contributed by atoms with E-state index >= 15 is 0 Å². The van der Waals surface area contributed by atoms with Gasteiger partial charge in [-0.3, -0.25) is 4.79 Å². The zero-order valence-electron chi connectivity index (χ0n) is 9.81. The van der Waals surface area contributed by atoms with Crippen molar-refractivity contribution in [1.29, 1.82) is 0 Å². The van der Waals surface area contributed by atoms with Gasteiger partial charge < -0.3 is 4.90 Å². The first-order chi connectivity index (χ1) is 7.70. The highest BCUT2D eigenvalue weighted by atomic mass is 16.2. The van der Waals surface area contributed by atoms with Crippen LogP contribution in [0.15, 0.2) is 12.5 Å². The van der Waals surface area contributed by atoms with Gasteiger partial charge >= 0.3 is 0 Å². The van der Waals surface area contributed by atoms with Crippen LogP contribution in [0.2, 0.25) is 0 Å². The van der Waals surface area contributed by atoms with Crippen molar-refractivity contribution in [1.82, 2.24) is 14.9 Å². The molecule has 1 amide bonds. The Morgan fingerprint density at radius 1 is 1.50 bits per heavy atom. The molecule has 2 heterocycles. The molecule has 0 saturated carbocycles. The van der Waals surface area contributed by atoms with Crippen LogP contribution in [0, 0.1) is 6.92 Å². The number of nitrogens with zero attached hydrogens (tertiary/aromatic N) is 3. The summed E-state index contributed by atoms with van der Waals surface area (Å²) in [5, 5.41) is 0. The van der Waals surface area contributed by atoms with E-state index in [0.717, 1.165) is 37.1 Å². The average molecular weight is 219 g/mol. The first kappa shape index (κ1) is 11.0. The third-order valence-electron chi connectivity index (χ3n) is 3.16. The molecule has 1 aliphatic heterocycles. The second-order valence-corrected chi connectivity index (χ2v) is 4.31. The maximum Gasteiger partial charge on any atom is 0.220 e. The third kappa shape index (κ3) is 2.05. The number of amides is 1. The Bertz CT molecular complexity index is 392. The highest BCUT2D eigenvalue weighted by molar-refractivity contribution is 5.73. The average Bonchev–Trinajstić information content (AvgIpc) is 2.29. The van der Waals surface area contributed by atoms with Crippen LogP contribution in [-0.2, 0) is 4.79 Å². The first-order valence-electron chi connectivity index (χ1n) is 5.74. The van der Waals surface area contributed by atoms with Crippen molar-refractivity contribution in [2.75, 3.05) is 6.54 Å². The molecule has 1 fully saturated rings. The molecule has 0 radical (unpaired) electrons. The molecule has 4 heteroatoms. The number of carbonyl (C=O) groups excluding carboxylic acids is 1. The van der Waals surface area contributed by atoms with Gasteiger partial charge in [-0.25, -0.2) is 9.97 Å². The summed E-state index contributed by atoms with van der Waals surface area (Å²) in [5.74, 6) is 0.141. The van der Waals surface area contributed by atoms with Crippen molar-refractivity contribution in [2.24, 2.45) is 0 Å². The quantitative estimate of drug-likeness (QED) is 0.724. The van der Waals surface area contributed by atoms with E-state index in [-0.39, 0.29) is 11.9 Å². The summed E-state index contributed by atoms with van der Waals surface area (Å²) in [5.41, 5.74) is 2.07. The molecule has 1 aromatic heterocycles. The number of hydrogen-bond acceptors (Lipinski definition) is 3. The fraction of sp³-hybridized carbons (Fsp3) is 0.583. The molecule has 1 unspecified atom stereocenters. The molecule has 1 aromatic rings. The molecule has 16 heavy (non-hydrogen) atoms. The van der Waals surface area contributed by atoms with Gasteiger partial charge in [0.1, 0.15) is 6.33 Å². The van der Waals surface area contributed by atoms with Crippen LogP contribution in [0.1, 0.15) is 43.5 Å². The monoisotopic (exact) mass is 219 g/mol. The molecule has 2 rings (SSSR count). The SMILES string of the molecule is CC(=O)N1CCCCC1c1ncncc1C. The second-order valence-electron chi connectivity index (χ2n) is 4.31. The third-order valence-corrected chi connectivity index (χ3v) is 3.16. The zero-order valence-corrected chi connectivity index (χ0v) is 9.81. The van der Waals surface area contributed by atoms with Crippen molar-refractivity contribution in [3.63, 3.8) is 0 Å². The van der Waals surface area contributed by atoms with Crippen molar-refractivity contribution < 1.29 is 4.79 Å². The fourth-order valence-electron chi connectivity index (χ4n) is 2.35. The van der Waals surface area contributed by atoms with E-state index in [1.165, 1.54) is 0 Å². The minimum Gasteiger partial charge on any atom is -0.334 e. The Morgan fingerprint density at radius 3 is 3.00 bits per heavy atom. The molecule has 0 spiro atoms. The Morgan fingerprint density at radius 2 is 2.31 bits per heavy atom. The number of carbonyl (C=O) groups is 1. The van der Waals surface area contributed by atoms with E-state index in [4.69, 9.17) is 0 Å². The van der Waals surface area contributed by atoms with E-state index < -0.39 is 0 Å². The lowest BCUT2D eigenvalue weighted by Gasteiger charge is -2.35. The van der Waals surface area contributed by atoms with Gasteiger partial charge in [-0.2, -0.15) is 0 Å². The summed E-state index contributed by atoms with van der Waals surface area (Å²) in [4.78, 5) is 21.8. The first-order valence-corrected chi connectivity index (χ1v) is 5.74. The van der Waals surface area contributed by atoms with Gasteiger partial charge in [0.05, 0.1) is 11.7 Å². The van der Waals surface area contributed by atoms with Crippen LogP contribution in [-0.4, -0.2) is 27.3 Å². The molecule has 0 aliphatic carbocycles.